The predicted octanol–water partition coefficient (Wildman–Crippen LogP) is 2.61. The monoisotopic (exact) mass is 332 g/mol. The number of nitrogens with zero attached hydrogens (tertiary/aromatic N) is 4. The zero-order valence-electron chi connectivity index (χ0n) is 13.6. The summed E-state index contributed by atoms with van der Waals surface area (Å²) in [4.78, 5) is 16.8. The van der Waals surface area contributed by atoms with Gasteiger partial charge < -0.3 is 5.32 Å². The van der Waals surface area contributed by atoms with E-state index in [2.05, 4.69) is 25.6 Å². The number of hydrogen-bond acceptors (Lipinski definition) is 5. The Morgan fingerprint density at radius 1 is 1.12 bits per heavy atom. The lowest BCUT2D eigenvalue weighted by Gasteiger charge is -2.11. The van der Waals surface area contributed by atoms with Gasteiger partial charge in [-0.05, 0) is 30.7 Å². The first-order chi connectivity index (χ1) is 12.2. The first-order valence-corrected chi connectivity index (χ1v) is 7.88. The van der Waals surface area contributed by atoms with Crippen molar-refractivity contribution in [2.75, 3.05) is 5.32 Å². The van der Waals surface area contributed by atoms with Crippen LogP contribution in [0.5, 0.6) is 0 Å². The van der Waals surface area contributed by atoms with E-state index in [0.717, 1.165) is 22.5 Å². The standard InChI is InChI=1S/C18H16N6O/c1-12-10-16(22-21-12)20-17-14-4-2-3-5-15(14)18(25)24(23-17)11-13-6-8-19-9-7-13/h2-10H,11H2,1H3,(H2,20,21,22,23). The summed E-state index contributed by atoms with van der Waals surface area (Å²) in [6.45, 7) is 2.28. The van der Waals surface area contributed by atoms with E-state index in [0.29, 0.717) is 17.7 Å². The number of H-pyrrole nitrogens is 1. The van der Waals surface area contributed by atoms with Crippen LogP contribution in [0.1, 0.15) is 11.3 Å². The fourth-order valence-electron chi connectivity index (χ4n) is 2.71. The smallest absolute Gasteiger partial charge is 0.275 e. The van der Waals surface area contributed by atoms with Gasteiger partial charge in [-0.1, -0.05) is 18.2 Å². The zero-order chi connectivity index (χ0) is 17.2. The number of pyridine rings is 1. The van der Waals surface area contributed by atoms with E-state index in [1.165, 1.54) is 4.68 Å². The Morgan fingerprint density at radius 2 is 1.88 bits per heavy atom. The van der Waals surface area contributed by atoms with Crippen LogP contribution in [0.4, 0.5) is 11.6 Å². The molecule has 2 N–H and O–H groups in total. The highest BCUT2D eigenvalue weighted by Crippen LogP contribution is 2.21. The Balaban J connectivity index is 1.83. The summed E-state index contributed by atoms with van der Waals surface area (Å²) >= 11 is 0. The number of hydrogen-bond donors (Lipinski definition) is 2. The Bertz CT molecular complexity index is 1080. The third-order valence-corrected chi connectivity index (χ3v) is 3.91. The third kappa shape index (κ3) is 2.99. The molecule has 0 atom stereocenters. The van der Waals surface area contributed by atoms with Crippen molar-refractivity contribution in [1.82, 2.24) is 25.0 Å². The zero-order valence-corrected chi connectivity index (χ0v) is 13.6. The minimum Gasteiger partial charge on any atom is -0.323 e. The number of benzene rings is 1. The Kier molecular flexibility index (Phi) is 3.74. The van der Waals surface area contributed by atoms with Gasteiger partial charge in [-0.25, -0.2) is 4.68 Å². The molecule has 25 heavy (non-hydrogen) atoms. The number of nitrogens with one attached hydrogen (secondary N) is 2. The van der Waals surface area contributed by atoms with E-state index in [1.807, 2.05) is 49.4 Å². The molecule has 0 fully saturated rings. The maximum Gasteiger partial charge on any atom is 0.275 e. The van der Waals surface area contributed by atoms with Gasteiger partial charge in [0.05, 0.1) is 17.6 Å². The molecular weight excluding hydrogens is 316 g/mol. The summed E-state index contributed by atoms with van der Waals surface area (Å²) < 4.78 is 1.46. The lowest BCUT2D eigenvalue weighted by molar-refractivity contribution is 0.651. The van der Waals surface area contributed by atoms with E-state index >= 15 is 0 Å². The van der Waals surface area contributed by atoms with Crippen molar-refractivity contribution in [3.63, 3.8) is 0 Å². The summed E-state index contributed by atoms with van der Waals surface area (Å²) in [5.74, 6) is 1.33. The molecule has 0 unspecified atom stereocenters. The second kappa shape index (κ2) is 6.20. The van der Waals surface area contributed by atoms with Gasteiger partial charge in [-0.2, -0.15) is 10.2 Å². The summed E-state index contributed by atoms with van der Waals surface area (Å²) in [5, 5.41) is 16.1. The normalized spacial score (nSPS) is 10.9. The highest BCUT2D eigenvalue weighted by Gasteiger charge is 2.11. The van der Waals surface area contributed by atoms with Crippen LogP contribution in [0.2, 0.25) is 0 Å². The van der Waals surface area contributed by atoms with Crippen LogP contribution in [0.25, 0.3) is 10.8 Å². The molecule has 0 radical (unpaired) electrons. The molecule has 7 heteroatoms. The van der Waals surface area contributed by atoms with Crippen molar-refractivity contribution >= 4 is 22.4 Å². The maximum absolute atomic E-state index is 12.8. The lowest BCUT2D eigenvalue weighted by atomic mass is 10.2. The van der Waals surface area contributed by atoms with Crippen molar-refractivity contribution in [2.24, 2.45) is 0 Å². The number of aromatic nitrogens is 5. The van der Waals surface area contributed by atoms with Crippen LogP contribution in [-0.4, -0.2) is 25.0 Å². The molecule has 0 aliphatic carbocycles. The molecule has 3 aromatic heterocycles. The van der Waals surface area contributed by atoms with Crippen molar-refractivity contribution in [3.8, 4) is 0 Å². The second-order valence-electron chi connectivity index (χ2n) is 5.76. The number of fused-ring (bicyclic) bond motifs is 1. The van der Waals surface area contributed by atoms with Gasteiger partial charge in [-0.15, -0.1) is 0 Å². The van der Waals surface area contributed by atoms with E-state index in [4.69, 9.17) is 0 Å². The van der Waals surface area contributed by atoms with Gasteiger partial charge in [0.25, 0.3) is 5.56 Å². The topological polar surface area (TPSA) is 88.5 Å². The van der Waals surface area contributed by atoms with Crippen molar-refractivity contribution < 1.29 is 0 Å². The number of rotatable bonds is 4. The molecule has 0 saturated carbocycles. The van der Waals surface area contributed by atoms with Gasteiger partial charge in [0.2, 0.25) is 0 Å². The molecule has 4 aromatic rings. The predicted molar refractivity (Wildman–Crippen MR) is 95.9 cm³/mol. The molecule has 1 aromatic carbocycles. The lowest BCUT2D eigenvalue weighted by Crippen LogP contribution is -2.24. The summed E-state index contributed by atoms with van der Waals surface area (Å²) in [6, 6.07) is 13.1. The van der Waals surface area contributed by atoms with Gasteiger partial charge in [0, 0.05) is 23.8 Å². The SMILES string of the molecule is Cc1cc(Nc2nn(Cc3ccncc3)c(=O)c3ccccc23)[nH]n1. The van der Waals surface area contributed by atoms with Crippen molar-refractivity contribution in [3.05, 3.63) is 76.5 Å². The quantitative estimate of drug-likeness (QED) is 0.600. The van der Waals surface area contributed by atoms with E-state index < -0.39 is 0 Å². The minimum absolute atomic E-state index is 0.126. The van der Waals surface area contributed by atoms with Crippen LogP contribution < -0.4 is 10.9 Å². The molecule has 0 spiro atoms. The third-order valence-electron chi connectivity index (χ3n) is 3.91. The van der Waals surface area contributed by atoms with E-state index in [9.17, 15) is 4.79 Å². The molecule has 3 heterocycles. The number of aromatic amines is 1. The fraction of sp³-hybridized carbons (Fsp3) is 0.111. The number of anilines is 2. The van der Waals surface area contributed by atoms with Crippen LogP contribution in [-0.2, 0) is 6.54 Å². The van der Waals surface area contributed by atoms with Crippen LogP contribution in [0.15, 0.2) is 59.7 Å². The van der Waals surface area contributed by atoms with E-state index in [1.54, 1.807) is 12.4 Å². The average Bonchev–Trinajstić information content (AvgIpc) is 3.05. The molecule has 7 nitrogen and oxygen atoms in total. The summed E-state index contributed by atoms with van der Waals surface area (Å²) in [7, 11) is 0. The largest absolute Gasteiger partial charge is 0.323 e. The molecule has 0 aliphatic rings. The average molecular weight is 332 g/mol. The Labute approximate surface area is 143 Å². The maximum atomic E-state index is 12.8. The van der Waals surface area contributed by atoms with Crippen LogP contribution >= 0.6 is 0 Å². The first-order valence-electron chi connectivity index (χ1n) is 7.88. The van der Waals surface area contributed by atoms with Crippen molar-refractivity contribution in [2.45, 2.75) is 13.5 Å². The fourth-order valence-corrected chi connectivity index (χ4v) is 2.71. The summed E-state index contributed by atoms with van der Waals surface area (Å²) in [5.41, 5.74) is 1.71. The molecule has 0 saturated heterocycles. The second-order valence-corrected chi connectivity index (χ2v) is 5.76. The summed E-state index contributed by atoms with van der Waals surface area (Å²) in [6.07, 6.45) is 3.40. The highest BCUT2D eigenvalue weighted by molar-refractivity contribution is 5.92. The Morgan fingerprint density at radius 3 is 2.60 bits per heavy atom. The van der Waals surface area contributed by atoms with Crippen molar-refractivity contribution in [1.29, 1.82) is 0 Å². The molecule has 4 rings (SSSR count). The molecule has 0 amide bonds. The van der Waals surface area contributed by atoms with Gasteiger partial charge in [0.1, 0.15) is 5.82 Å². The number of aryl methyl sites for hydroxylation is 1. The Hall–Kier alpha value is -3.48. The highest BCUT2D eigenvalue weighted by atomic mass is 16.1. The van der Waals surface area contributed by atoms with Gasteiger partial charge in [-0.3, -0.25) is 14.9 Å². The van der Waals surface area contributed by atoms with Crippen LogP contribution in [0.3, 0.4) is 0 Å². The van der Waals surface area contributed by atoms with Gasteiger partial charge in [0.15, 0.2) is 5.82 Å². The first kappa shape index (κ1) is 15.1. The molecular formula is C18H16N6O. The van der Waals surface area contributed by atoms with Gasteiger partial charge >= 0.3 is 0 Å². The minimum atomic E-state index is -0.126. The van der Waals surface area contributed by atoms with E-state index in [-0.39, 0.29) is 5.56 Å². The molecule has 0 aliphatic heterocycles. The molecule has 124 valence electrons. The molecule has 0 bridgehead atoms. The van der Waals surface area contributed by atoms with Crippen LogP contribution in [0, 0.1) is 6.92 Å².